The van der Waals surface area contributed by atoms with E-state index in [1.807, 2.05) is 13.8 Å². The largest absolute Gasteiger partial charge is 0.378 e. The van der Waals surface area contributed by atoms with Gasteiger partial charge in [0, 0.05) is 19.2 Å². The van der Waals surface area contributed by atoms with Crippen molar-refractivity contribution in [2.24, 2.45) is 0 Å². The Morgan fingerprint density at radius 2 is 2.09 bits per heavy atom. The third-order valence-electron chi connectivity index (χ3n) is 3.34. The number of carbonyl (C=O) groups is 1. The highest BCUT2D eigenvalue weighted by molar-refractivity contribution is 7.13. The Morgan fingerprint density at radius 1 is 1.32 bits per heavy atom. The molecule has 116 valence electrons. The van der Waals surface area contributed by atoms with E-state index in [9.17, 15) is 4.79 Å². The summed E-state index contributed by atoms with van der Waals surface area (Å²) in [6.07, 6.45) is 1.46. The summed E-state index contributed by atoms with van der Waals surface area (Å²) in [6.45, 7) is 6.67. The summed E-state index contributed by atoms with van der Waals surface area (Å²) >= 11 is 1.38. The Balaban J connectivity index is 1.75. The van der Waals surface area contributed by atoms with Gasteiger partial charge in [-0.1, -0.05) is 0 Å². The molecule has 8 heteroatoms. The number of ether oxygens (including phenoxy) is 1. The summed E-state index contributed by atoms with van der Waals surface area (Å²) < 4.78 is 5.33. The average molecular weight is 319 g/mol. The van der Waals surface area contributed by atoms with Gasteiger partial charge in [0.15, 0.2) is 0 Å². The molecule has 1 amide bonds. The van der Waals surface area contributed by atoms with Gasteiger partial charge in [-0.15, -0.1) is 11.3 Å². The highest BCUT2D eigenvalue weighted by Gasteiger charge is 2.16. The van der Waals surface area contributed by atoms with Gasteiger partial charge in [-0.25, -0.2) is 15.0 Å². The molecule has 1 N–H and O–H groups in total. The number of hydrogen-bond acceptors (Lipinski definition) is 7. The van der Waals surface area contributed by atoms with Crippen LogP contribution in [0.25, 0.3) is 0 Å². The van der Waals surface area contributed by atoms with E-state index in [-0.39, 0.29) is 5.91 Å². The Labute approximate surface area is 132 Å². The fraction of sp³-hybridized carbons (Fsp3) is 0.429. The van der Waals surface area contributed by atoms with Gasteiger partial charge >= 0.3 is 0 Å². The third-order valence-corrected chi connectivity index (χ3v) is 4.41. The first kappa shape index (κ1) is 14.9. The molecule has 3 heterocycles. The molecule has 3 rings (SSSR count). The maximum atomic E-state index is 12.3. The highest BCUT2D eigenvalue weighted by Crippen LogP contribution is 2.20. The summed E-state index contributed by atoms with van der Waals surface area (Å²) in [5.41, 5.74) is 0.738. The number of morpholine rings is 1. The lowest BCUT2D eigenvalue weighted by Crippen LogP contribution is -2.36. The van der Waals surface area contributed by atoms with Crippen molar-refractivity contribution < 1.29 is 9.53 Å². The van der Waals surface area contributed by atoms with Gasteiger partial charge in [0.1, 0.15) is 22.8 Å². The van der Waals surface area contributed by atoms with E-state index < -0.39 is 0 Å². The SMILES string of the molecule is Cc1nc(C)c(C(=O)Nc2cc(N3CCOCC3)ncn2)s1. The minimum absolute atomic E-state index is 0.185. The zero-order valence-electron chi connectivity index (χ0n) is 12.5. The number of aryl methyl sites for hydroxylation is 2. The van der Waals surface area contributed by atoms with Crippen molar-refractivity contribution in [1.82, 2.24) is 15.0 Å². The van der Waals surface area contributed by atoms with Crippen LogP contribution in [-0.4, -0.2) is 47.2 Å². The molecule has 0 atom stereocenters. The van der Waals surface area contributed by atoms with E-state index in [0.29, 0.717) is 23.9 Å². The van der Waals surface area contributed by atoms with Gasteiger partial charge in [0.05, 0.1) is 23.9 Å². The van der Waals surface area contributed by atoms with Crippen molar-refractivity contribution in [3.05, 3.63) is 28.0 Å². The van der Waals surface area contributed by atoms with E-state index in [1.54, 1.807) is 6.07 Å². The molecule has 0 spiro atoms. The summed E-state index contributed by atoms with van der Waals surface area (Å²) in [7, 11) is 0. The average Bonchev–Trinajstić information content (AvgIpc) is 2.87. The molecule has 22 heavy (non-hydrogen) atoms. The standard InChI is InChI=1S/C14H17N5O2S/c1-9-13(22-10(2)17-9)14(20)18-11-7-12(16-8-15-11)19-3-5-21-6-4-19/h7-8H,3-6H2,1-2H3,(H,15,16,18,20). The molecule has 7 nitrogen and oxygen atoms in total. The summed E-state index contributed by atoms with van der Waals surface area (Å²) in [5, 5.41) is 3.69. The third kappa shape index (κ3) is 3.23. The van der Waals surface area contributed by atoms with E-state index in [4.69, 9.17) is 4.74 Å². The first-order valence-corrected chi connectivity index (χ1v) is 7.85. The van der Waals surface area contributed by atoms with Crippen LogP contribution in [0.15, 0.2) is 12.4 Å². The first-order valence-electron chi connectivity index (χ1n) is 7.03. The minimum Gasteiger partial charge on any atom is -0.378 e. The molecule has 0 aromatic carbocycles. The van der Waals surface area contributed by atoms with Crippen LogP contribution >= 0.6 is 11.3 Å². The number of rotatable bonds is 3. The predicted molar refractivity (Wildman–Crippen MR) is 84.6 cm³/mol. The zero-order valence-corrected chi connectivity index (χ0v) is 13.3. The molecule has 2 aromatic heterocycles. The van der Waals surface area contributed by atoms with Crippen LogP contribution < -0.4 is 10.2 Å². The molecule has 0 radical (unpaired) electrons. The lowest BCUT2D eigenvalue weighted by Gasteiger charge is -2.27. The van der Waals surface area contributed by atoms with Crippen LogP contribution in [0, 0.1) is 13.8 Å². The van der Waals surface area contributed by atoms with Crippen molar-refractivity contribution in [2.45, 2.75) is 13.8 Å². The summed E-state index contributed by atoms with van der Waals surface area (Å²) in [4.78, 5) is 27.7. The molecule has 0 bridgehead atoms. The zero-order chi connectivity index (χ0) is 15.5. The molecular formula is C14H17N5O2S. The Morgan fingerprint density at radius 3 is 2.77 bits per heavy atom. The van der Waals surface area contributed by atoms with Crippen LogP contribution in [0.4, 0.5) is 11.6 Å². The maximum absolute atomic E-state index is 12.3. The number of thiazole rings is 1. The highest BCUT2D eigenvalue weighted by atomic mass is 32.1. The van der Waals surface area contributed by atoms with E-state index in [0.717, 1.165) is 29.6 Å². The predicted octanol–water partition coefficient (Wildman–Crippen LogP) is 1.64. The second-order valence-electron chi connectivity index (χ2n) is 4.96. The van der Waals surface area contributed by atoms with Crippen LogP contribution in [-0.2, 0) is 4.74 Å². The first-order chi connectivity index (χ1) is 10.6. The van der Waals surface area contributed by atoms with Gasteiger partial charge in [-0.2, -0.15) is 0 Å². The summed E-state index contributed by atoms with van der Waals surface area (Å²) in [6, 6.07) is 1.78. The number of nitrogens with zero attached hydrogens (tertiary/aromatic N) is 4. The van der Waals surface area contributed by atoms with Crippen LogP contribution in [0.5, 0.6) is 0 Å². The Kier molecular flexibility index (Phi) is 4.30. The van der Waals surface area contributed by atoms with Crippen molar-refractivity contribution in [2.75, 3.05) is 36.5 Å². The van der Waals surface area contributed by atoms with Crippen LogP contribution in [0.3, 0.4) is 0 Å². The normalized spacial score (nSPS) is 14.9. The van der Waals surface area contributed by atoms with Crippen molar-refractivity contribution in [3.63, 3.8) is 0 Å². The molecule has 1 fully saturated rings. The molecule has 0 unspecified atom stereocenters. The van der Waals surface area contributed by atoms with E-state index in [2.05, 4.69) is 25.2 Å². The topological polar surface area (TPSA) is 80.2 Å². The molecular weight excluding hydrogens is 302 g/mol. The molecule has 1 aliphatic rings. The van der Waals surface area contributed by atoms with Crippen molar-refractivity contribution >= 4 is 28.9 Å². The van der Waals surface area contributed by atoms with Gasteiger partial charge < -0.3 is 15.0 Å². The number of hydrogen-bond donors (Lipinski definition) is 1. The van der Waals surface area contributed by atoms with Gasteiger partial charge in [-0.05, 0) is 13.8 Å². The number of carbonyl (C=O) groups excluding carboxylic acids is 1. The monoisotopic (exact) mass is 319 g/mol. The minimum atomic E-state index is -0.185. The van der Waals surface area contributed by atoms with Crippen molar-refractivity contribution in [3.8, 4) is 0 Å². The molecule has 0 saturated carbocycles. The maximum Gasteiger partial charge on any atom is 0.268 e. The quantitative estimate of drug-likeness (QED) is 0.926. The number of anilines is 2. The lowest BCUT2D eigenvalue weighted by atomic mass is 10.3. The van der Waals surface area contributed by atoms with E-state index in [1.165, 1.54) is 17.7 Å². The fourth-order valence-electron chi connectivity index (χ4n) is 2.30. The summed E-state index contributed by atoms with van der Waals surface area (Å²) in [5.74, 6) is 1.10. The number of aromatic nitrogens is 3. The van der Waals surface area contributed by atoms with Crippen molar-refractivity contribution in [1.29, 1.82) is 0 Å². The molecule has 2 aromatic rings. The lowest BCUT2D eigenvalue weighted by molar-refractivity contribution is 0.102. The smallest absolute Gasteiger partial charge is 0.268 e. The second kappa shape index (κ2) is 6.37. The van der Waals surface area contributed by atoms with Crippen LogP contribution in [0.2, 0.25) is 0 Å². The Hall–Kier alpha value is -2.06. The van der Waals surface area contributed by atoms with Crippen LogP contribution in [0.1, 0.15) is 20.4 Å². The Bertz CT molecular complexity index is 682. The molecule has 1 saturated heterocycles. The number of nitrogens with one attached hydrogen (secondary N) is 1. The fourth-order valence-corrected chi connectivity index (χ4v) is 3.11. The van der Waals surface area contributed by atoms with Gasteiger partial charge in [0.25, 0.3) is 5.91 Å². The van der Waals surface area contributed by atoms with Gasteiger partial charge in [0.2, 0.25) is 0 Å². The molecule has 1 aliphatic heterocycles. The molecule has 0 aliphatic carbocycles. The van der Waals surface area contributed by atoms with E-state index >= 15 is 0 Å². The van der Waals surface area contributed by atoms with Gasteiger partial charge in [-0.3, -0.25) is 4.79 Å². The second-order valence-corrected chi connectivity index (χ2v) is 6.17. The number of amides is 1.